The number of anilines is 2. The zero-order valence-corrected chi connectivity index (χ0v) is 13.6. The van der Waals surface area contributed by atoms with E-state index in [9.17, 15) is 20.2 Å². The molecule has 0 heterocycles. The Bertz CT molecular complexity index is 1010. The molecule has 7 nitrogen and oxygen atoms in total. The molecule has 0 bridgehead atoms. The molecule has 3 aromatic rings. The van der Waals surface area contributed by atoms with Crippen LogP contribution in [0.3, 0.4) is 0 Å². The largest absolute Gasteiger partial charge is 0.349 e. The minimum Gasteiger partial charge on any atom is -0.349 e. The number of nitrogens with zero attached hydrogens (tertiary/aromatic N) is 2. The fourth-order valence-electron chi connectivity index (χ4n) is 2.79. The summed E-state index contributed by atoms with van der Waals surface area (Å²) in [6.07, 6.45) is 0. The van der Waals surface area contributed by atoms with Gasteiger partial charge in [-0.05, 0) is 37.1 Å². The lowest BCUT2D eigenvalue weighted by Crippen LogP contribution is -2.02. The second-order valence-electron chi connectivity index (χ2n) is 5.72. The Morgan fingerprint density at radius 1 is 0.840 bits per heavy atom. The van der Waals surface area contributed by atoms with E-state index in [1.165, 1.54) is 0 Å². The summed E-state index contributed by atoms with van der Waals surface area (Å²) in [5.41, 5.74) is 2.36. The van der Waals surface area contributed by atoms with Gasteiger partial charge in [0.05, 0.1) is 21.3 Å². The monoisotopic (exact) mass is 337 g/mol. The molecule has 0 aliphatic rings. The molecule has 0 spiro atoms. The number of hydrogen-bond donors (Lipinski definition) is 1. The predicted molar refractivity (Wildman–Crippen MR) is 96.5 cm³/mol. The number of nitro groups is 2. The third-order valence-electron chi connectivity index (χ3n) is 4.26. The number of nitro benzene ring substituents is 2. The van der Waals surface area contributed by atoms with Crippen LogP contribution < -0.4 is 5.32 Å². The van der Waals surface area contributed by atoms with Gasteiger partial charge in [0.2, 0.25) is 0 Å². The Morgan fingerprint density at radius 2 is 1.48 bits per heavy atom. The van der Waals surface area contributed by atoms with Crippen LogP contribution in [0.15, 0.2) is 48.5 Å². The van der Waals surface area contributed by atoms with Gasteiger partial charge in [0.15, 0.2) is 0 Å². The molecule has 0 amide bonds. The van der Waals surface area contributed by atoms with Gasteiger partial charge in [-0.1, -0.05) is 30.3 Å². The zero-order valence-electron chi connectivity index (χ0n) is 13.6. The lowest BCUT2D eigenvalue weighted by atomic mass is 10.0. The highest BCUT2D eigenvalue weighted by Gasteiger charge is 2.25. The first-order valence-corrected chi connectivity index (χ1v) is 7.58. The first kappa shape index (κ1) is 16.4. The maximum Gasteiger partial charge on any atom is 0.300 e. The van der Waals surface area contributed by atoms with Crippen molar-refractivity contribution in [2.75, 3.05) is 5.32 Å². The van der Waals surface area contributed by atoms with Gasteiger partial charge >= 0.3 is 0 Å². The van der Waals surface area contributed by atoms with E-state index in [2.05, 4.69) is 5.32 Å². The SMILES string of the molecule is Cc1cccc(Nc2c([N+](=O)[O-])cc([N+](=O)[O-])c3ccccc23)c1C. The van der Waals surface area contributed by atoms with Gasteiger partial charge in [-0.15, -0.1) is 0 Å². The van der Waals surface area contributed by atoms with Crippen LogP contribution in [0.1, 0.15) is 11.1 Å². The molecular weight excluding hydrogens is 322 g/mol. The average molecular weight is 337 g/mol. The fourth-order valence-corrected chi connectivity index (χ4v) is 2.79. The second kappa shape index (κ2) is 6.20. The highest BCUT2D eigenvalue weighted by atomic mass is 16.6. The van der Waals surface area contributed by atoms with Crippen molar-refractivity contribution >= 4 is 33.5 Å². The third kappa shape index (κ3) is 2.87. The number of hydrogen-bond acceptors (Lipinski definition) is 5. The van der Waals surface area contributed by atoms with E-state index in [0.717, 1.165) is 22.9 Å². The molecule has 0 saturated heterocycles. The van der Waals surface area contributed by atoms with Gasteiger partial charge in [-0.3, -0.25) is 20.2 Å². The number of fused-ring (bicyclic) bond motifs is 1. The van der Waals surface area contributed by atoms with Crippen molar-refractivity contribution in [1.82, 2.24) is 0 Å². The van der Waals surface area contributed by atoms with E-state index in [1.54, 1.807) is 24.3 Å². The molecule has 0 aliphatic heterocycles. The molecule has 1 N–H and O–H groups in total. The first-order valence-electron chi connectivity index (χ1n) is 7.58. The molecule has 0 aromatic heterocycles. The van der Waals surface area contributed by atoms with Gasteiger partial charge in [-0.25, -0.2) is 0 Å². The van der Waals surface area contributed by atoms with Gasteiger partial charge in [-0.2, -0.15) is 0 Å². The van der Waals surface area contributed by atoms with Crippen LogP contribution in [-0.2, 0) is 0 Å². The smallest absolute Gasteiger partial charge is 0.300 e. The minimum absolute atomic E-state index is 0.250. The lowest BCUT2D eigenvalue weighted by Gasteiger charge is -2.14. The molecule has 0 saturated carbocycles. The van der Waals surface area contributed by atoms with Crippen LogP contribution in [-0.4, -0.2) is 9.85 Å². The summed E-state index contributed by atoms with van der Waals surface area (Å²) >= 11 is 0. The zero-order chi connectivity index (χ0) is 18.1. The fraction of sp³-hybridized carbons (Fsp3) is 0.111. The van der Waals surface area contributed by atoms with Crippen LogP contribution in [0.5, 0.6) is 0 Å². The van der Waals surface area contributed by atoms with Crippen LogP contribution in [0.4, 0.5) is 22.7 Å². The van der Waals surface area contributed by atoms with Crippen molar-refractivity contribution in [3.05, 3.63) is 79.9 Å². The summed E-state index contributed by atoms with van der Waals surface area (Å²) < 4.78 is 0. The van der Waals surface area contributed by atoms with Crippen LogP contribution in [0.2, 0.25) is 0 Å². The van der Waals surface area contributed by atoms with Gasteiger partial charge in [0, 0.05) is 11.1 Å². The maximum atomic E-state index is 11.5. The quantitative estimate of drug-likeness (QED) is 0.532. The van der Waals surface area contributed by atoms with Gasteiger partial charge < -0.3 is 5.32 Å². The number of rotatable bonds is 4. The molecule has 126 valence electrons. The van der Waals surface area contributed by atoms with Gasteiger partial charge in [0.25, 0.3) is 11.4 Å². The molecule has 7 heteroatoms. The molecule has 25 heavy (non-hydrogen) atoms. The summed E-state index contributed by atoms with van der Waals surface area (Å²) in [6, 6.07) is 13.2. The normalized spacial score (nSPS) is 10.6. The first-order chi connectivity index (χ1) is 11.9. The lowest BCUT2D eigenvalue weighted by molar-refractivity contribution is -0.392. The Labute approximate surface area is 143 Å². The average Bonchev–Trinajstić information content (AvgIpc) is 2.58. The van der Waals surface area contributed by atoms with Crippen LogP contribution in [0, 0.1) is 34.1 Å². The Hall–Kier alpha value is -3.48. The van der Waals surface area contributed by atoms with Crippen molar-refractivity contribution < 1.29 is 9.85 Å². The van der Waals surface area contributed by atoms with Crippen LogP contribution in [0.25, 0.3) is 10.8 Å². The number of non-ortho nitro benzene ring substituents is 1. The van der Waals surface area contributed by atoms with Crippen molar-refractivity contribution in [3.63, 3.8) is 0 Å². The number of aryl methyl sites for hydroxylation is 1. The topological polar surface area (TPSA) is 98.3 Å². The predicted octanol–water partition coefficient (Wildman–Crippen LogP) is 5.02. The molecule has 0 atom stereocenters. The molecule has 3 aromatic carbocycles. The van der Waals surface area contributed by atoms with E-state index in [0.29, 0.717) is 10.8 Å². The van der Waals surface area contributed by atoms with Crippen molar-refractivity contribution in [3.8, 4) is 0 Å². The van der Waals surface area contributed by atoms with Crippen molar-refractivity contribution in [1.29, 1.82) is 0 Å². The third-order valence-corrected chi connectivity index (χ3v) is 4.26. The standard InChI is InChI=1S/C18H15N3O4/c1-11-6-5-9-15(12(11)2)19-18-14-8-4-3-7-13(14)16(20(22)23)10-17(18)21(24)25/h3-10,19H,1-2H3. The second-order valence-corrected chi connectivity index (χ2v) is 5.72. The van der Waals surface area contributed by atoms with E-state index >= 15 is 0 Å². The molecular formula is C18H15N3O4. The molecule has 0 radical (unpaired) electrons. The number of benzene rings is 3. The summed E-state index contributed by atoms with van der Waals surface area (Å²) in [6.45, 7) is 3.86. The summed E-state index contributed by atoms with van der Waals surface area (Å²) in [4.78, 5) is 21.6. The maximum absolute atomic E-state index is 11.5. The molecule has 0 unspecified atom stereocenters. The Balaban J connectivity index is 2.31. The highest BCUT2D eigenvalue weighted by Crippen LogP contribution is 2.41. The Morgan fingerprint density at radius 3 is 2.12 bits per heavy atom. The highest BCUT2D eigenvalue weighted by molar-refractivity contribution is 6.05. The van der Waals surface area contributed by atoms with E-state index in [1.807, 2.05) is 32.0 Å². The van der Waals surface area contributed by atoms with Crippen molar-refractivity contribution in [2.45, 2.75) is 13.8 Å². The van der Waals surface area contributed by atoms with E-state index in [-0.39, 0.29) is 17.1 Å². The van der Waals surface area contributed by atoms with E-state index in [4.69, 9.17) is 0 Å². The summed E-state index contributed by atoms with van der Waals surface area (Å²) in [7, 11) is 0. The van der Waals surface area contributed by atoms with Gasteiger partial charge in [0.1, 0.15) is 5.69 Å². The summed E-state index contributed by atoms with van der Waals surface area (Å²) in [5, 5.41) is 26.7. The molecule has 0 fully saturated rings. The number of nitrogens with one attached hydrogen (secondary N) is 1. The molecule has 3 rings (SSSR count). The van der Waals surface area contributed by atoms with Crippen LogP contribution >= 0.6 is 0 Å². The Kier molecular flexibility index (Phi) is 4.06. The summed E-state index contributed by atoms with van der Waals surface area (Å²) in [5.74, 6) is 0. The minimum atomic E-state index is -0.604. The van der Waals surface area contributed by atoms with Crippen molar-refractivity contribution in [2.24, 2.45) is 0 Å². The molecule has 0 aliphatic carbocycles. The van der Waals surface area contributed by atoms with E-state index < -0.39 is 9.85 Å².